The van der Waals surface area contributed by atoms with Crippen molar-refractivity contribution in [3.05, 3.63) is 60.2 Å². The first-order valence-corrected chi connectivity index (χ1v) is 6.94. The van der Waals surface area contributed by atoms with Gasteiger partial charge in [0.15, 0.2) is 5.60 Å². The predicted molar refractivity (Wildman–Crippen MR) is 80.9 cm³/mol. The summed E-state index contributed by atoms with van der Waals surface area (Å²) < 4.78 is 24.2. The molecule has 0 spiro atoms. The molecule has 0 aromatic heterocycles. The van der Waals surface area contributed by atoms with Gasteiger partial charge in [0.2, 0.25) is 0 Å². The van der Waals surface area contributed by atoms with Crippen LogP contribution in [-0.4, -0.2) is 26.4 Å². The summed E-state index contributed by atoms with van der Waals surface area (Å²) in [6.45, 7) is -0.646. The number of benzene rings is 2. The van der Waals surface area contributed by atoms with Crippen LogP contribution in [0.1, 0.15) is 5.56 Å². The van der Waals surface area contributed by atoms with Crippen LogP contribution in [0.25, 0.3) is 0 Å². The standard InChI is InChI=1S/C17H16FNO3/c1-21-15-9-7-13(8-10-15)17(11-18)12-19(16(20)22-17)14-5-3-2-4-6-14/h2-10H,11-12H2,1H3. The SMILES string of the molecule is COc1ccc(C2(CF)CN(c3ccccc3)C(=O)O2)cc1. The van der Waals surface area contributed by atoms with Gasteiger partial charge in [0, 0.05) is 11.3 Å². The summed E-state index contributed by atoms with van der Waals surface area (Å²) in [6.07, 6.45) is -0.542. The Labute approximate surface area is 128 Å². The van der Waals surface area contributed by atoms with Crippen LogP contribution >= 0.6 is 0 Å². The normalized spacial score (nSPS) is 20.8. The van der Waals surface area contributed by atoms with E-state index >= 15 is 0 Å². The zero-order chi connectivity index (χ0) is 15.6. The molecule has 3 rings (SSSR count). The van der Waals surface area contributed by atoms with Crippen molar-refractivity contribution < 1.29 is 18.7 Å². The molecule has 1 saturated heterocycles. The summed E-state index contributed by atoms with van der Waals surface area (Å²) in [6, 6.07) is 16.0. The number of carbonyl (C=O) groups excluding carboxylic acids is 1. The number of methoxy groups -OCH3 is 1. The molecule has 4 nitrogen and oxygen atoms in total. The fourth-order valence-corrected chi connectivity index (χ4v) is 2.57. The number of para-hydroxylation sites is 1. The van der Waals surface area contributed by atoms with Gasteiger partial charge < -0.3 is 9.47 Å². The third-order valence-electron chi connectivity index (χ3n) is 3.82. The van der Waals surface area contributed by atoms with Crippen LogP contribution in [0.3, 0.4) is 0 Å². The second-order valence-corrected chi connectivity index (χ2v) is 5.15. The molecule has 1 aliphatic rings. The van der Waals surface area contributed by atoms with Crippen molar-refractivity contribution in [3.63, 3.8) is 0 Å². The van der Waals surface area contributed by atoms with Crippen molar-refractivity contribution in [2.75, 3.05) is 25.2 Å². The molecular weight excluding hydrogens is 285 g/mol. The average molecular weight is 301 g/mol. The molecule has 1 unspecified atom stereocenters. The third kappa shape index (κ3) is 2.39. The van der Waals surface area contributed by atoms with Crippen molar-refractivity contribution in [1.29, 1.82) is 0 Å². The molecule has 114 valence electrons. The lowest BCUT2D eigenvalue weighted by Gasteiger charge is -2.24. The van der Waals surface area contributed by atoms with Crippen molar-refractivity contribution in [1.82, 2.24) is 0 Å². The molecule has 5 heteroatoms. The van der Waals surface area contributed by atoms with E-state index < -0.39 is 18.4 Å². The summed E-state index contributed by atoms with van der Waals surface area (Å²) in [7, 11) is 1.56. The molecular formula is C17H16FNO3. The summed E-state index contributed by atoms with van der Waals surface area (Å²) in [4.78, 5) is 13.6. The maximum atomic E-state index is 13.7. The van der Waals surface area contributed by atoms with Gasteiger partial charge in [-0.3, -0.25) is 4.90 Å². The van der Waals surface area contributed by atoms with E-state index in [2.05, 4.69) is 0 Å². The lowest BCUT2D eigenvalue weighted by molar-refractivity contribution is 0.0323. The van der Waals surface area contributed by atoms with Gasteiger partial charge in [0.1, 0.15) is 12.4 Å². The van der Waals surface area contributed by atoms with Crippen molar-refractivity contribution in [2.24, 2.45) is 0 Å². The Hall–Kier alpha value is -2.56. The van der Waals surface area contributed by atoms with Gasteiger partial charge in [-0.15, -0.1) is 0 Å². The highest BCUT2D eigenvalue weighted by Crippen LogP contribution is 2.36. The number of hydrogen-bond acceptors (Lipinski definition) is 3. The summed E-state index contributed by atoms with van der Waals surface area (Å²) >= 11 is 0. The largest absolute Gasteiger partial charge is 0.497 e. The number of cyclic esters (lactones) is 1. The quantitative estimate of drug-likeness (QED) is 0.867. The highest BCUT2D eigenvalue weighted by atomic mass is 19.1. The van der Waals surface area contributed by atoms with Crippen molar-refractivity contribution in [3.8, 4) is 5.75 Å². The predicted octanol–water partition coefficient (Wildman–Crippen LogP) is 3.52. The van der Waals surface area contributed by atoms with Gasteiger partial charge in [-0.2, -0.15) is 0 Å². The van der Waals surface area contributed by atoms with Crippen LogP contribution in [-0.2, 0) is 10.3 Å². The Morgan fingerprint density at radius 2 is 1.86 bits per heavy atom. The second-order valence-electron chi connectivity index (χ2n) is 5.15. The third-order valence-corrected chi connectivity index (χ3v) is 3.82. The van der Waals surface area contributed by atoms with Crippen molar-refractivity contribution >= 4 is 11.8 Å². The van der Waals surface area contributed by atoms with E-state index in [4.69, 9.17) is 9.47 Å². The van der Waals surface area contributed by atoms with Gasteiger partial charge in [-0.05, 0) is 24.3 Å². The lowest BCUT2D eigenvalue weighted by atomic mass is 9.95. The molecule has 2 aromatic carbocycles. The van der Waals surface area contributed by atoms with Gasteiger partial charge in [-0.1, -0.05) is 30.3 Å². The number of ether oxygens (including phenoxy) is 2. The van der Waals surface area contributed by atoms with E-state index in [1.807, 2.05) is 18.2 Å². The highest BCUT2D eigenvalue weighted by Gasteiger charge is 2.47. The molecule has 0 radical (unpaired) electrons. The molecule has 1 atom stereocenters. The molecule has 2 aromatic rings. The number of anilines is 1. The highest BCUT2D eigenvalue weighted by molar-refractivity contribution is 5.90. The first-order chi connectivity index (χ1) is 10.7. The van der Waals surface area contributed by atoms with Crippen LogP contribution in [0.2, 0.25) is 0 Å². The first kappa shape index (κ1) is 14.4. The number of halogens is 1. The molecule has 0 N–H and O–H groups in total. The summed E-state index contributed by atoms with van der Waals surface area (Å²) in [5.41, 5.74) is 0.0260. The van der Waals surface area contributed by atoms with Crippen LogP contribution in [0, 0.1) is 0 Å². The molecule has 1 heterocycles. The molecule has 1 amide bonds. The smallest absolute Gasteiger partial charge is 0.415 e. The van der Waals surface area contributed by atoms with E-state index in [-0.39, 0.29) is 6.54 Å². The van der Waals surface area contributed by atoms with E-state index in [1.54, 1.807) is 43.5 Å². The molecule has 0 saturated carbocycles. The Morgan fingerprint density at radius 3 is 2.45 bits per heavy atom. The van der Waals surface area contributed by atoms with E-state index in [0.717, 1.165) is 0 Å². The van der Waals surface area contributed by atoms with E-state index in [9.17, 15) is 9.18 Å². The zero-order valence-corrected chi connectivity index (χ0v) is 12.2. The Bertz CT molecular complexity index is 659. The number of hydrogen-bond donors (Lipinski definition) is 0. The van der Waals surface area contributed by atoms with Gasteiger partial charge in [-0.25, -0.2) is 9.18 Å². The molecule has 0 bridgehead atoms. The van der Waals surface area contributed by atoms with Crippen LogP contribution < -0.4 is 9.64 Å². The summed E-state index contributed by atoms with van der Waals surface area (Å²) in [5.74, 6) is 0.669. The van der Waals surface area contributed by atoms with Crippen LogP contribution in [0.5, 0.6) is 5.75 Å². The second kappa shape index (κ2) is 5.67. The van der Waals surface area contributed by atoms with Gasteiger partial charge >= 0.3 is 6.09 Å². The fraction of sp³-hybridized carbons (Fsp3) is 0.235. The number of carbonyl (C=O) groups is 1. The lowest BCUT2D eigenvalue weighted by Crippen LogP contribution is -2.34. The van der Waals surface area contributed by atoms with E-state index in [1.165, 1.54) is 4.90 Å². The fourth-order valence-electron chi connectivity index (χ4n) is 2.57. The Kier molecular flexibility index (Phi) is 3.71. The number of amides is 1. The average Bonchev–Trinajstić information content (AvgIpc) is 2.94. The van der Waals surface area contributed by atoms with Gasteiger partial charge in [0.05, 0.1) is 13.7 Å². The number of rotatable bonds is 4. The monoisotopic (exact) mass is 301 g/mol. The van der Waals surface area contributed by atoms with Gasteiger partial charge in [0.25, 0.3) is 0 Å². The van der Waals surface area contributed by atoms with Crippen molar-refractivity contribution in [2.45, 2.75) is 5.60 Å². The maximum absolute atomic E-state index is 13.7. The zero-order valence-electron chi connectivity index (χ0n) is 12.2. The molecule has 0 aliphatic carbocycles. The van der Waals surface area contributed by atoms with Crippen LogP contribution in [0.4, 0.5) is 14.9 Å². The minimum atomic E-state index is -1.28. The first-order valence-electron chi connectivity index (χ1n) is 6.94. The molecule has 22 heavy (non-hydrogen) atoms. The molecule has 1 aliphatic heterocycles. The minimum absolute atomic E-state index is 0.138. The number of alkyl halides is 1. The molecule has 1 fully saturated rings. The maximum Gasteiger partial charge on any atom is 0.415 e. The Morgan fingerprint density at radius 1 is 1.18 bits per heavy atom. The van der Waals surface area contributed by atoms with Crippen LogP contribution in [0.15, 0.2) is 54.6 Å². The van der Waals surface area contributed by atoms with E-state index in [0.29, 0.717) is 17.0 Å². The Balaban J connectivity index is 1.92. The number of nitrogens with zero attached hydrogens (tertiary/aromatic N) is 1. The topological polar surface area (TPSA) is 38.8 Å². The summed E-state index contributed by atoms with van der Waals surface area (Å²) in [5, 5.41) is 0. The minimum Gasteiger partial charge on any atom is -0.497 e.